The zero-order valence-electron chi connectivity index (χ0n) is 12.4. The van der Waals surface area contributed by atoms with Crippen molar-refractivity contribution in [3.63, 3.8) is 0 Å². The molecule has 2 rings (SSSR count). The molecule has 0 aliphatic heterocycles. The van der Waals surface area contributed by atoms with E-state index in [-0.39, 0.29) is 0 Å². The molecule has 19 heavy (non-hydrogen) atoms. The molecule has 0 heterocycles. The molecule has 3 atom stereocenters. The molecule has 0 amide bonds. The Morgan fingerprint density at radius 3 is 2.21 bits per heavy atom. The van der Waals surface area contributed by atoms with E-state index in [1.54, 1.807) is 12.1 Å². The molecule has 1 aromatic rings. The maximum atomic E-state index is 9.38. The summed E-state index contributed by atoms with van der Waals surface area (Å²) in [6.07, 6.45) is 5.04. The minimum Gasteiger partial charge on any atom is -0.508 e. The van der Waals surface area contributed by atoms with Crippen molar-refractivity contribution >= 4 is 0 Å². The molecular formula is C17H27NO. The van der Waals surface area contributed by atoms with Crippen LogP contribution in [0.15, 0.2) is 24.3 Å². The molecule has 0 aromatic heterocycles. The summed E-state index contributed by atoms with van der Waals surface area (Å²) in [7, 11) is 0. The van der Waals surface area contributed by atoms with Gasteiger partial charge in [0.1, 0.15) is 5.75 Å². The molecule has 2 N–H and O–H groups in total. The lowest BCUT2D eigenvalue weighted by Crippen LogP contribution is -2.38. The van der Waals surface area contributed by atoms with Crippen molar-refractivity contribution in [1.82, 2.24) is 5.32 Å². The lowest BCUT2D eigenvalue weighted by molar-refractivity contribution is 0.224. The molecule has 106 valence electrons. The Hall–Kier alpha value is -1.02. The van der Waals surface area contributed by atoms with E-state index in [1.165, 1.54) is 24.8 Å². The highest BCUT2D eigenvalue weighted by atomic mass is 16.3. The topological polar surface area (TPSA) is 32.3 Å². The Balaban J connectivity index is 2.00. The summed E-state index contributed by atoms with van der Waals surface area (Å²) < 4.78 is 0. The van der Waals surface area contributed by atoms with Crippen molar-refractivity contribution < 1.29 is 5.11 Å². The third-order valence-corrected chi connectivity index (χ3v) is 4.32. The van der Waals surface area contributed by atoms with E-state index in [2.05, 4.69) is 26.1 Å². The molecule has 0 spiro atoms. The zero-order valence-corrected chi connectivity index (χ0v) is 12.4. The first kappa shape index (κ1) is 14.4. The highest BCUT2D eigenvalue weighted by molar-refractivity contribution is 5.28. The molecule has 0 bridgehead atoms. The lowest BCUT2D eigenvalue weighted by Gasteiger charge is -2.34. The van der Waals surface area contributed by atoms with Crippen LogP contribution >= 0.6 is 0 Å². The summed E-state index contributed by atoms with van der Waals surface area (Å²) in [6, 6.07) is 8.68. The standard InChI is InChI=1S/C17H27NO/c1-4-17(14-5-7-16(19)8-6-14)18-15-10-12(2)9-13(3)11-15/h5-8,12-13,15,17-19H,4,9-11H2,1-3H3. The lowest BCUT2D eigenvalue weighted by atomic mass is 9.80. The molecule has 1 aromatic carbocycles. The van der Waals surface area contributed by atoms with Gasteiger partial charge in [0.2, 0.25) is 0 Å². The first-order valence-electron chi connectivity index (χ1n) is 7.63. The molecule has 1 aliphatic carbocycles. The van der Waals surface area contributed by atoms with Crippen LogP contribution in [-0.2, 0) is 0 Å². The number of benzene rings is 1. The summed E-state index contributed by atoms with van der Waals surface area (Å²) in [6.45, 7) is 6.96. The maximum Gasteiger partial charge on any atom is 0.115 e. The van der Waals surface area contributed by atoms with Crippen LogP contribution in [-0.4, -0.2) is 11.1 Å². The molecule has 1 fully saturated rings. The van der Waals surface area contributed by atoms with Crippen LogP contribution in [0.3, 0.4) is 0 Å². The summed E-state index contributed by atoms with van der Waals surface area (Å²) in [5.74, 6) is 2.01. The number of aromatic hydroxyl groups is 1. The second-order valence-corrected chi connectivity index (χ2v) is 6.33. The van der Waals surface area contributed by atoms with E-state index in [1.807, 2.05) is 12.1 Å². The first-order valence-corrected chi connectivity index (χ1v) is 7.63. The Labute approximate surface area is 117 Å². The summed E-state index contributed by atoms with van der Waals surface area (Å²) >= 11 is 0. The van der Waals surface area contributed by atoms with Crippen LogP contribution in [0.2, 0.25) is 0 Å². The fourth-order valence-electron chi connectivity index (χ4n) is 3.52. The summed E-state index contributed by atoms with van der Waals surface area (Å²) in [5.41, 5.74) is 1.28. The quantitative estimate of drug-likeness (QED) is 0.849. The molecule has 2 nitrogen and oxygen atoms in total. The monoisotopic (exact) mass is 261 g/mol. The number of hydrogen-bond donors (Lipinski definition) is 2. The van der Waals surface area contributed by atoms with E-state index in [0.717, 1.165) is 18.3 Å². The highest BCUT2D eigenvalue weighted by Crippen LogP contribution is 2.30. The molecular weight excluding hydrogens is 234 g/mol. The predicted octanol–water partition coefficient (Wildman–Crippen LogP) is 4.26. The third-order valence-electron chi connectivity index (χ3n) is 4.32. The van der Waals surface area contributed by atoms with Gasteiger partial charge < -0.3 is 10.4 Å². The Bertz CT molecular complexity index is 377. The molecule has 2 heteroatoms. The van der Waals surface area contributed by atoms with Gasteiger partial charge in [-0.15, -0.1) is 0 Å². The van der Waals surface area contributed by atoms with Gasteiger partial charge in [-0.05, 0) is 55.2 Å². The van der Waals surface area contributed by atoms with E-state index in [0.29, 0.717) is 17.8 Å². The zero-order chi connectivity index (χ0) is 13.8. The maximum absolute atomic E-state index is 9.38. The number of rotatable bonds is 4. The normalized spacial score (nSPS) is 29.1. The van der Waals surface area contributed by atoms with Gasteiger partial charge in [-0.1, -0.05) is 32.9 Å². The average Bonchev–Trinajstić information content (AvgIpc) is 2.36. The van der Waals surface area contributed by atoms with Gasteiger partial charge in [-0.2, -0.15) is 0 Å². The van der Waals surface area contributed by atoms with Crippen molar-refractivity contribution in [1.29, 1.82) is 0 Å². The molecule has 3 unspecified atom stereocenters. The fraction of sp³-hybridized carbons (Fsp3) is 0.647. The number of hydrogen-bond acceptors (Lipinski definition) is 2. The van der Waals surface area contributed by atoms with Crippen molar-refractivity contribution in [2.75, 3.05) is 0 Å². The largest absolute Gasteiger partial charge is 0.508 e. The van der Waals surface area contributed by atoms with Crippen molar-refractivity contribution in [3.05, 3.63) is 29.8 Å². The summed E-state index contributed by atoms with van der Waals surface area (Å²) in [5, 5.41) is 13.2. The van der Waals surface area contributed by atoms with Crippen LogP contribution in [0.5, 0.6) is 5.75 Å². The average molecular weight is 261 g/mol. The predicted molar refractivity (Wildman–Crippen MR) is 80.2 cm³/mol. The van der Waals surface area contributed by atoms with Crippen LogP contribution < -0.4 is 5.32 Å². The smallest absolute Gasteiger partial charge is 0.115 e. The third kappa shape index (κ3) is 3.97. The van der Waals surface area contributed by atoms with Crippen LogP contribution in [0.4, 0.5) is 0 Å². The molecule has 1 saturated carbocycles. The Morgan fingerprint density at radius 1 is 1.11 bits per heavy atom. The van der Waals surface area contributed by atoms with Crippen molar-refractivity contribution in [2.45, 2.75) is 58.5 Å². The first-order chi connectivity index (χ1) is 9.08. The second kappa shape index (κ2) is 6.42. The van der Waals surface area contributed by atoms with Gasteiger partial charge in [-0.25, -0.2) is 0 Å². The van der Waals surface area contributed by atoms with Crippen LogP contribution in [0.1, 0.15) is 58.1 Å². The van der Waals surface area contributed by atoms with Gasteiger partial charge in [0.05, 0.1) is 0 Å². The van der Waals surface area contributed by atoms with Gasteiger partial charge >= 0.3 is 0 Å². The van der Waals surface area contributed by atoms with Gasteiger partial charge in [0, 0.05) is 12.1 Å². The summed E-state index contributed by atoms with van der Waals surface area (Å²) in [4.78, 5) is 0. The van der Waals surface area contributed by atoms with E-state index in [4.69, 9.17) is 0 Å². The van der Waals surface area contributed by atoms with Crippen molar-refractivity contribution in [3.8, 4) is 5.75 Å². The Kier molecular flexibility index (Phi) is 4.87. The number of nitrogens with one attached hydrogen (secondary N) is 1. The van der Waals surface area contributed by atoms with E-state index in [9.17, 15) is 5.11 Å². The van der Waals surface area contributed by atoms with Gasteiger partial charge in [0.15, 0.2) is 0 Å². The number of phenolic OH excluding ortho intramolecular Hbond substituents is 1. The van der Waals surface area contributed by atoms with Crippen molar-refractivity contribution in [2.24, 2.45) is 11.8 Å². The minimum atomic E-state index is 0.346. The van der Waals surface area contributed by atoms with Gasteiger partial charge in [0.25, 0.3) is 0 Å². The molecule has 0 saturated heterocycles. The van der Waals surface area contributed by atoms with Gasteiger partial charge in [-0.3, -0.25) is 0 Å². The Morgan fingerprint density at radius 2 is 1.68 bits per heavy atom. The van der Waals surface area contributed by atoms with E-state index < -0.39 is 0 Å². The molecule has 1 aliphatic rings. The van der Waals surface area contributed by atoms with Crippen LogP contribution in [0.25, 0.3) is 0 Å². The van der Waals surface area contributed by atoms with Crippen LogP contribution in [0, 0.1) is 11.8 Å². The second-order valence-electron chi connectivity index (χ2n) is 6.33. The number of phenols is 1. The fourth-order valence-corrected chi connectivity index (χ4v) is 3.52. The SMILES string of the molecule is CCC(NC1CC(C)CC(C)C1)c1ccc(O)cc1. The molecule has 0 radical (unpaired) electrons. The minimum absolute atomic E-state index is 0.346. The van der Waals surface area contributed by atoms with E-state index >= 15 is 0 Å². The highest BCUT2D eigenvalue weighted by Gasteiger charge is 2.25.